The summed E-state index contributed by atoms with van der Waals surface area (Å²) in [5.41, 5.74) is 2.27. The third kappa shape index (κ3) is 4.41. The number of nitrogens with zero attached hydrogens (tertiary/aromatic N) is 1. The molecule has 0 spiro atoms. The van der Waals surface area contributed by atoms with Crippen LogP contribution in [0.2, 0.25) is 0 Å². The van der Waals surface area contributed by atoms with E-state index in [2.05, 4.69) is 30.9 Å². The molecule has 1 aromatic carbocycles. The second kappa shape index (κ2) is 7.52. The lowest BCUT2D eigenvalue weighted by molar-refractivity contribution is 0.0709. The van der Waals surface area contributed by atoms with E-state index in [1.165, 1.54) is 5.56 Å². The van der Waals surface area contributed by atoms with Crippen LogP contribution >= 0.6 is 0 Å². The molecule has 0 fully saturated rings. The highest BCUT2D eigenvalue weighted by atomic mass is 16.5. The number of hydrogen-bond acceptors (Lipinski definition) is 3. The van der Waals surface area contributed by atoms with Crippen LogP contribution in [0.1, 0.15) is 31.1 Å². The molecule has 0 aliphatic carbocycles. The first-order chi connectivity index (χ1) is 8.58. The van der Waals surface area contributed by atoms with Crippen molar-refractivity contribution >= 4 is 0 Å². The number of aliphatic hydroxyl groups is 1. The number of aryl methyl sites for hydroxylation is 1. The van der Waals surface area contributed by atoms with Gasteiger partial charge in [0.15, 0.2) is 0 Å². The van der Waals surface area contributed by atoms with Crippen molar-refractivity contribution in [1.82, 2.24) is 4.90 Å². The molecule has 2 unspecified atom stereocenters. The van der Waals surface area contributed by atoms with E-state index in [9.17, 15) is 5.11 Å². The minimum atomic E-state index is -0.444. The second-order valence-electron chi connectivity index (χ2n) is 4.85. The number of methoxy groups -OCH3 is 1. The molecule has 0 heterocycles. The quantitative estimate of drug-likeness (QED) is 0.807. The fraction of sp³-hybridized carbons (Fsp3) is 0.600. The first kappa shape index (κ1) is 15.2. The van der Waals surface area contributed by atoms with Gasteiger partial charge >= 0.3 is 0 Å². The number of hydrogen-bond donors (Lipinski definition) is 1. The zero-order valence-corrected chi connectivity index (χ0v) is 11.9. The zero-order chi connectivity index (χ0) is 13.5. The van der Waals surface area contributed by atoms with Crippen molar-refractivity contribution in [2.75, 3.05) is 27.3 Å². The molecule has 1 aromatic rings. The monoisotopic (exact) mass is 251 g/mol. The Bertz CT molecular complexity index is 337. The molecule has 0 aliphatic heterocycles. The van der Waals surface area contributed by atoms with Gasteiger partial charge in [0.25, 0.3) is 0 Å². The molecule has 0 saturated heterocycles. The first-order valence-corrected chi connectivity index (χ1v) is 6.54. The van der Waals surface area contributed by atoms with Gasteiger partial charge in [0, 0.05) is 19.7 Å². The molecule has 0 bridgehead atoms. The molecule has 1 N–H and O–H groups in total. The van der Waals surface area contributed by atoms with Gasteiger partial charge in [-0.15, -0.1) is 0 Å². The van der Waals surface area contributed by atoms with Gasteiger partial charge in [-0.25, -0.2) is 0 Å². The molecule has 0 aliphatic rings. The van der Waals surface area contributed by atoms with Crippen LogP contribution in [0.5, 0.6) is 0 Å². The van der Waals surface area contributed by atoms with Crippen LogP contribution in [0.15, 0.2) is 24.3 Å². The largest absolute Gasteiger partial charge is 0.387 e. The summed E-state index contributed by atoms with van der Waals surface area (Å²) < 4.78 is 5.12. The number of ether oxygens (including phenoxy) is 1. The van der Waals surface area contributed by atoms with Crippen molar-refractivity contribution in [3.05, 3.63) is 35.4 Å². The van der Waals surface area contributed by atoms with E-state index in [1.807, 2.05) is 19.2 Å². The number of rotatable bonds is 7. The maximum Gasteiger partial charge on any atom is 0.0916 e. The molecule has 3 nitrogen and oxygen atoms in total. The lowest BCUT2D eigenvalue weighted by atomic mass is 10.1. The third-order valence-electron chi connectivity index (χ3n) is 3.39. The van der Waals surface area contributed by atoms with E-state index in [1.54, 1.807) is 7.11 Å². The molecule has 3 heteroatoms. The minimum absolute atomic E-state index is 0.305. The molecular formula is C15H25NO2. The summed E-state index contributed by atoms with van der Waals surface area (Å²) in [6, 6.07) is 8.49. The van der Waals surface area contributed by atoms with E-state index >= 15 is 0 Å². The summed E-state index contributed by atoms with van der Waals surface area (Å²) in [5.74, 6) is 0. The Morgan fingerprint density at radius 1 is 1.28 bits per heavy atom. The van der Waals surface area contributed by atoms with E-state index in [0.717, 1.165) is 12.0 Å². The number of aliphatic hydroxyl groups excluding tert-OH is 1. The lowest BCUT2D eigenvalue weighted by Gasteiger charge is -2.26. The third-order valence-corrected chi connectivity index (χ3v) is 3.39. The van der Waals surface area contributed by atoms with Crippen LogP contribution in [0.25, 0.3) is 0 Å². The first-order valence-electron chi connectivity index (χ1n) is 6.54. The number of benzene rings is 1. The van der Waals surface area contributed by atoms with E-state index in [4.69, 9.17) is 4.74 Å². The molecule has 0 amide bonds. The van der Waals surface area contributed by atoms with E-state index in [0.29, 0.717) is 19.2 Å². The molecule has 2 atom stereocenters. The standard InChI is InChI=1S/C15H25NO2/c1-5-13-6-8-14(9-7-13)15(17)10-16(3)12(2)11-18-4/h6-9,12,15,17H,5,10-11H2,1-4H3. The van der Waals surface area contributed by atoms with Gasteiger partial charge in [0.1, 0.15) is 0 Å². The molecule has 0 radical (unpaired) electrons. The Morgan fingerprint density at radius 3 is 2.39 bits per heavy atom. The highest BCUT2D eigenvalue weighted by Gasteiger charge is 2.14. The summed E-state index contributed by atoms with van der Waals surface area (Å²) in [6.45, 7) is 5.52. The van der Waals surface area contributed by atoms with Gasteiger partial charge in [-0.1, -0.05) is 31.2 Å². The van der Waals surface area contributed by atoms with E-state index < -0.39 is 6.10 Å². The van der Waals surface area contributed by atoms with Crippen LogP contribution in [0.3, 0.4) is 0 Å². The molecule has 1 rings (SSSR count). The lowest BCUT2D eigenvalue weighted by Crippen LogP contribution is -2.35. The molecule has 102 valence electrons. The van der Waals surface area contributed by atoms with Crippen molar-refractivity contribution < 1.29 is 9.84 Å². The fourth-order valence-electron chi connectivity index (χ4n) is 1.90. The average molecular weight is 251 g/mol. The summed E-state index contributed by atoms with van der Waals surface area (Å²) in [5, 5.41) is 10.2. The SMILES string of the molecule is CCc1ccc(C(O)CN(C)C(C)COC)cc1. The summed E-state index contributed by atoms with van der Waals surface area (Å²) >= 11 is 0. The summed E-state index contributed by atoms with van der Waals surface area (Å²) in [7, 11) is 3.71. The molecule has 18 heavy (non-hydrogen) atoms. The molecule has 0 saturated carbocycles. The normalized spacial score (nSPS) is 14.8. The van der Waals surface area contributed by atoms with Crippen molar-refractivity contribution in [1.29, 1.82) is 0 Å². The summed E-state index contributed by atoms with van der Waals surface area (Å²) in [6.07, 6.45) is 0.585. The van der Waals surface area contributed by atoms with Gasteiger partial charge in [-0.05, 0) is 31.5 Å². The van der Waals surface area contributed by atoms with Crippen LogP contribution in [-0.4, -0.2) is 43.4 Å². The predicted molar refractivity (Wildman–Crippen MR) is 74.7 cm³/mol. The van der Waals surface area contributed by atoms with Gasteiger partial charge < -0.3 is 9.84 Å². The van der Waals surface area contributed by atoms with Crippen LogP contribution in [0, 0.1) is 0 Å². The average Bonchev–Trinajstić information content (AvgIpc) is 2.39. The highest BCUT2D eigenvalue weighted by Crippen LogP contribution is 2.16. The Kier molecular flexibility index (Phi) is 6.33. The van der Waals surface area contributed by atoms with Gasteiger partial charge in [-0.3, -0.25) is 4.90 Å². The van der Waals surface area contributed by atoms with Gasteiger partial charge in [-0.2, -0.15) is 0 Å². The predicted octanol–water partition coefficient (Wildman–Crippen LogP) is 2.25. The Morgan fingerprint density at radius 2 is 1.89 bits per heavy atom. The molecule has 0 aromatic heterocycles. The van der Waals surface area contributed by atoms with Crippen molar-refractivity contribution in [2.45, 2.75) is 32.4 Å². The van der Waals surface area contributed by atoms with Gasteiger partial charge in [0.05, 0.1) is 12.7 Å². The summed E-state index contributed by atoms with van der Waals surface area (Å²) in [4.78, 5) is 2.11. The minimum Gasteiger partial charge on any atom is -0.387 e. The van der Waals surface area contributed by atoms with Crippen LogP contribution in [-0.2, 0) is 11.2 Å². The molecular weight excluding hydrogens is 226 g/mol. The Labute approximate surface area is 110 Å². The van der Waals surface area contributed by atoms with Crippen molar-refractivity contribution in [3.8, 4) is 0 Å². The maximum atomic E-state index is 10.2. The van der Waals surface area contributed by atoms with Crippen molar-refractivity contribution in [2.24, 2.45) is 0 Å². The topological polar surface area (TPSA) is 32.7 Å². The van der Waals surface area contributed by atoms with Crippen LogP contribution < -0.4 is 0 Å². The maximum absolute atomic E-state index is 10.2. The van der Waals surface area contributed by atoms with E-state index in [-0.39, 0.29) is 0 Å². The Balaban J connectivity index is 2.55. The highest BCUT2D eigenvalue weighted by molar-refractivity contribution is 5.24. The number of likely N-dealkylation sites (N-methyl/N-ethyl adjacent to an activating group) is 1. The van der Waals surface area contributed by atoms with Crippen molar-refractivity contribution in [3.63, 3.8) is 0 Å². The fourth-order valence-corrected chi connectivity index (χ4v) is 1.90. The zero-order valence-electron chi connectivity index (χ0n) is 11.9. The Hall–Kier alpha value is -0.900. The van der Waals surface area contributed by atoms with Crippen LogP contribution in [0.4, 0.5) is 0 Å². The van der Waals surface area contributed by atoms with Gasteiger partial charge in [0.2, 0.25) is 0 Å². The smallest absolute Gasteiger partial charge is 0.0916 e. The second-order valence-corrected chi connectivity index (χ2v) is 4.85.